The molecule has 3 amide bonds. The summed E-state index contributed by atoms with van der Waals surface area (Å²) in [4.78, 5) is 42.3. The summed E-state index contributed by atoms with van der Waals surface area (Å²) in [5.41, 5.74) is 0.744. The van der Waals surface area contributed by atoms with E-state index in [1.807, 2.05) is 0 Å². The van der Waals surface area contributed by atoms with Crippen LogP contribution in [0.4, 0.5) is 5.69 Å². The number of piperidine rings is 1. The lowest BCUT2D eigenvalue weighted by Gasteiger charge is -2.34. The molecule has 0 aliphatic carbocycles. The lowest BCUT2D eigenvalue weighted by molar-refractivity contribution is -0.123. The third kappa shape index (κ3) is 3.01. The summed E-state index contributed by atoms with van der Waals surface area (Å²) in [5.74, 6) is -1.22. The minimum Gasteiger partial charge on any atom is -0.327 e. The molecule has 4 rings (SSSR count). The molecule has 0 spiro atoms. The first-order chi connectivity index (χ1) is 13.0. The number of nitrogens with zero attached hydrogens (tertiary/aromatic N) is 2. The molecule has 5 nitrogen and oxygen atoms in total. The monoisotopic (exact) mass is 402 g/mol. The lowest BCUT2D eigenvalue weighted by Crippen LogP contribution is -2.52. The Bertz CT molecular complexity index is 960. The van der Waals surface area contributed by atoms with Crippen LogP contribution in [0.2, 0.25) is 10.0 Å². The Balaban J connectivity index is 1.88. The van der Waals surface area contributed by atoms with Crippen molar-refractivity contribution < 1.29 is 14.4 Å². The highest BCUT2D eigenvalue weighted by Crippen LogP contribution is 2.34. The molecule has 0 bridgehead atoms. The predicted molar refractivity (Wildman–Crippen MR) is 103 cm³/mol. The van der Waals surface area contributed by atoms with Gasteiger partial charge in [-0.2, -0.15) is 0 Å². The first-order valence-corrected chi connectivity index (χ1v) is 9.48. The number of rotatable bonds is 1. The second kappa shape index (κ2) is 6.98. The van der Waals surface area contributed by atoms with Crippen molar-refractivity contribution in [2.75, 3.05) is 11.4 Å². The molecule has 138 valence electrons. The summed E-state index contributed by atoms with van der Waals surface area (Å²) in [7, 11) is 0. The molecular weight excluding hydrogens is 387 g/mol. The molecule has 2 aromatic rings. The number of fused-ring (bicyclic) bond motifs is 2. The summed E-state index contributed by atoms with van der Waals surface area (Å²) in [5, 5.41) is 0.541. The zero-order chi connectivity index (χ0) is 19.1. The van der Waals surface area contributed by atoms with Gasteiger partial charge in [-0.1, -0.05) is 35.3 Å². The van der Waals surface area contributed by atoms with Crippen LogP contribution in [0.1, 0.15) is 40.0 Å². The molecule has 2 aliphatic heterocycles. The van der Waals surface area contributed by atoms with Crippen LogP contribution in [-0.2, 0) is 4.79 Å². The quantitative estimate of drug-likeness (QED) is 0.672. The SMILES string of the molecule is O=C(c1cc(Cl)ccc1Cl)N1C(=O)C2CCCCN2C(=O)c2ccccc21. The van der Waals surface area contributed by atoms with E-state index in [4.69, 9.17) is 23.2 Å². The minimum atomic E-state index is -0.652. The fourth-order valence-corrected chi connectivity index (χ4v) is 4.07. The van der Waals surface area contributed by atoms with Crippen LogP contribution < -0.4 is 4.90 Å². The second-order valence-corrected chi connectivity index (χ2v) is 7.47. The van der Waals surface area contributed by atoms with Crippen LogP contribution >= 0.6 is 23.2 Å². The number of amides is 3. The van der Waals surface area contributed by atoms with E-state index in [2.05, 4.69) is 0 Å². The first-order valence-electron chi connectivity index (χ1n) is 8.72. The van der Waals surface area contributed by atoms with Crippen LogP contribution in [-0.4, -0.2) is 35.2 Å². The van der Waals surface area contributed by atoms with E-state index in [-0.39, 0.29) is 22.2 Å². The predicted octanol–water partition coefficient (Wildman–Crippen LogP) is 4.18. The number of hydrogen-bond acceptors (Lipinski definition) is 3. The molecule has 1 atom stereocenters. The van der Waals surface area contributed by atoms with Crippen molar-refractivity contribution in [2.24, 2.45) is 0 Å². The Hall–Kier alpha value is -2.37. The van der Waals surface area contributed by atoms with Gasteiger partial charge in [-0.15, -0.1) is 0 Å². The Kier molecular flexibility index (Phi) is 4.66. The van der Waals surface area contributed by atoms with Crippen molar-refractivity contribution in [2.45, 2.75) is 25.3 Å². The number of halogens is 2. The van der Waals surface area contributed by atoms with Crippen molar-refractivity contribution >= 4 is 46.6 Å². The highest BCUT2D eigenvalue weighted by molar-refractivity contribution is 6.38. The highest BCUT2D eigenvalue weighted by atomic mass is 35.5. The van der Waals surface area contributed by atoms with Gasteiger partial charge in [0.1, 0.15) is 6.04 Å². The summed E-state index contributed by atoms with van der Waals surface area (Å²) < 4.78 is 0. The lowest BCUT2D eigenvalue weighted by atomic mass is 10.0. The molecule has 1 fully saturated rings. The van der Waals surface area contributed by atoms with Crippen molar-refractivity contribution in [1.29, 1.82) is 0 Å². The molecule has 0 N–H and O–H groups in total. The molecule has 2 aliphatic rings. The molecular formula is C20H16Cl2N2O3. The molecule has 2 heterocycles. The Morgan fingerprint density at radius 1 is 1.04 bits per heavy atom. The number of hydrogen-bond donors (Lipinski definition) is 0. The molecule has 1 unspecified atom stereocenters. The van der Waals surface area contributed by atoms with Gasteiger partial charge in [0.2, 0.25) is 0 Å². The van der Waals surface area contributed by atoms with Crippen LogP contribution in [0.3, 0.4) is 0 Å². The largest absolute Gasteiger partial charge is 0.327 e. The minimum absolute atomic E-state index is 0.129. The zero-order valence-corrected chi connectivity index (χ0v) is 15.8. The Labute approximate surface area is 166 Å². The molecule has 2 aromatic carbocycles. The van der Waals surface area contributed by atoms with E-state index in [1.54, 1.807) is 35.2 Å². The van der Waals surface area contributed by atoms with Gasteiger partial charge in [0.05, 0.1) is 21.8 Å². The molecule has 27 heavy (non-hydrogen) atoms. The maximum atomic E-state index is 13.3. The number of carbonyl (C=O) groups is 3. The topological polar surface area (TPSA) is 57.7 Å². The fourth-order valence-electron chi connectivity index (χ4n) is 3.69. The average Bonchev–Trinajstić information content (AvgIpc) is 2.78. The zero-order valence-electron chi connectivity index (χ0n) is 14.3. The smallest absolute Gasteiger partial charge is 0.266 e. The van der Waals surface area contributed by atoms with Gasteiger partial charge in [0.15, 0.2) is 0 Å². The molecule has 1 saturated heterocycles. The standard InChI is InChI=1S/C20H16Cl2N2O3/c21-12-8-9-15(22)14(11-12)19(26)24-16-6-2-1-5-13(16)18(25)23-10-4-3-7-17(23)20(24)27/h1-2,5-6,8-9,11,17H,3-4,7,10H2. The molecule has 0 radical (unpaired) electrons. The molecule has 0 aromatic heterocycles. The summed E-state index contributed by atoms with van der Waals surface area (Å²) >= 11 is 12.2. The van der Waals surface area contributed by atoms with Crippen LogP contribution in [0.15, 0.2) is 42.5 Å². The number of imide groups is 1. The van der Waals surface area contributed by atoms with Gasteiger partial charge in [-0.25, -0.2) is 4.90 Å². The number of benzene rings is 2. The van der Waals surface area contributed by atoms with Gasteiger partial charge in [-0.05, 0) is 49.6 Å². The normalized spacial score (nSPS) is 19.4. The molecule has 0 saturated carbocycles. The van der Waals surface area contributed by atoms with Gasteiger partial charge in [0.25, 0.3) is 17.7 Å². The van der Waals surface area contributed by atoms with E-state index >= 15 is 0 Å². The van der Waals surface area contributed by atoms with Crippen molar-refractivity contribution in [1.82, 2.24) is 4.90 Å². The molecule has 7 heteroatoms. The van der Waals surface area contributed by atoms with Gasteiger partial charge >= 0.3 is 0 Å². The van der Waals surface area contributed by atoms with E-state index in [0.717, 1.165) is 17.7 Å². The van der Waals surface area contributed by atoms with E-state index in [0.29, 0.717) is 23.6 Å². The highest BCUT2D eigenvalue weighted by Gasteiger charge is 2.43. The van der Waals surface area contributed by atoms with E-state index < -0.39 is 17.9 Å². The van der Waals surface area contributed by atoms with Crippen molar-refractivity contribution in [3.8, 4) is 0 Å². The third-order valence-corrected chi connectivity index (χ3v) is 5.57. The van der Waals surface area contributed by atoms with E-state index in [9.17, 15) is 14.4 Å². The van der Waals surface area contributed by atoms with Crippen molar-refractivity contribution in [3.05, 3.63) is 63.6 Å². The van der Waals surface area contributed by atoms with Crippen LogP contribution in [0, 0.1) is 0 Å². The maximum Gasteiger partial charge on any atom is 0.266 e. The number of para-hydroxylation sites is 1. The number of anilines is 1. The Morgan fingerprint density at radius 3 is 2.63 bits per heavy atom. The fraction of sp³-hybridized carbons (Fsp3) is 0.250. The van der Waals surface area contributed by atoms with Gasteiger partial charge < -0.3 is 4.90 Å². The summed E-state index contributed by atoms with van der Waals surface area (Å²) in [6.07, 6.45) is 2.20. The third-order valence-electron chi connectivity index (χ3n) is 5.01. The van der Waals surface area contributed by atoms with Crippen LogP contribution in [0.25, 0.3) is 0 Å². The summed E-state index contributed by atoms with van der Waals surface area (Å²) in [6.45, 7) is 0.503. The van der Waals surface area contributed by atoms with Crippen LogP contribution in [0.5, 0.6) is 0 Å². The van der Waals surface area contributed by atoms with Gasteiger partial charge in [-0.3, -0.25) is 14.4 Å². The van der Waals surface area contributed by atoms with Gasteiger partial charge in [0, 0.05) is 11.6 Å². The summed E-state index contributed by atoms with van der Waals surface area (Å²) in [6, 6.07) is 10.6. The number of carbonyl (C=O) groups excluding carboxylic acids is 3. The maximum absolute atomic E-state index is 13.3. The van der Waals surface area contributed by atoms with Crippen molar-refractivity contribution in [3.63, 3.8) is 0 Å². The second-order valence-electron chi connectivity index (χ2n) is 6.63. The first kappa shape index (κ1) is 18.0. The van der Waals surface area contributed by atoms with E-state index in [1.165, 1.54) is 12.1 Å². The Morgan fingerprint density at radius 2 is 1.81 bits per heavy atom. The average molecular weight is 403 g/mol.